The van der Waals surface area contributed by atoms with Crippen LogP contribution in [0.5, 0.6) is 0 Å². The molecular weight excluding hydrogens is 458 g/mol. The highest BCUT2D eigenvalue weighted by atomic mass is 35.5. The van der Waals surface area contributed by atoms with E-state index in [9.17, 15) is 9.59 Å². The zero-order valence-electron chi connectivity index (χ0n) is 19.3. The molecule has 0 fully saturated rings. The number of carbonyl (C=O) groups excluding carboxylic acids is 2. The lowest BCUT2D eigenvalue weighted by atomic mass is 10.0. The summed E-state index contributed by atoms with van der Waals surface area (Å²) in [7, 11) is 0. The molecule has 3 aromatic rings. The average Bonchev–Trinajstić information content (AvgIpc) is 3.23. The van der Waals surface area contributed by atoms with Crippen molar-refractivity contribution in [1.29, 1.82) is 0 Å². The molecular formula is C24H28ClN5O4. The second-order valence-electron chi connectivity index (χ2n) is 8.66. The van der Waals surface area contributed by atoms with Gasteiger partial charge in [-0.2, -0.15) is 0 Å². The number of aliphatic hydroxyl groups excluding tert-OH is 1. The van der Waals surface area contributed by atoms with E-state index in [0.717, 1.165) is 11.3 Å². The number of hydrogen-bond donors (Lipinski definition) is 3. The van der Waals surface area contributed by atoms with Crippen molar-refractivity contribution < 1.29 is 19.4 Å². The molecule has 0 saturated carbocycles. The minimum absolute atomic E-state index is 0.00362. The molecule has 0 bridgehead atoms. The Hall–Kier alpha value is -3.43. The van der Waals surface area contributed by atoms with E-state index >= 15 is 0 Å². The molecule has 0 spiro atoms. The van der Waals surface area contributed by atoms with Crippen molar-refractivity contribution >= 4 is 29.3 Å². The molecule has 1 atom stereocenters. The quantitative estimate of drug-likeness (QED) is 0.449. The van der Waals surface area contributed by atoms with Gasteiger partial charge in [0, 0.05) is 30.2 Å². The third-order valence-electron chi connectivity index (χ3n) is 4.70. The fourth-order valence-electron chi connectivity index (χ4n) is 3.12. The van der Waals surface area contributed by atoms with Crippen LogP contribution in [0.15, 0.2) is 54.7 Å². The maximum Gasteiger partial charge on any atom is 0.408 e. The number of nitrogens with one attached hydrogen (secondary N) is 2. The van der Waals surface area contributed by atoms with Gasteiger partial charge in [0.25, 0.3) is 0 Å². The first-order chi connectivity index (χ1) is 16.1. The van der Waals surface area contributed by atoms with Crippen LogP contribution in [0.2, 0.25) is 5.02 Å². The number of alkyl carbamates (subject to hydrolysis) is 1. The fraction of sp³-hybridized carbons (Fsp3) is 0.333. The zero-order chi connectivity index (χ0) is 24.7. The summed E-state index contributed by atoms with van der Waals surface area (Å²) in [5, 5.41) is 23.0. The Morgan fingerprint density at radius 1 is 1.15 bits per heavy atom. The SMILES string of the molecule is CC(C)(C)OC(=O)N[C@@H](Cc1ccccc1Cl)C(=O)Nc1ccc(-n2cc(CCO)nn2)cc1. The Morgan fingerprint density at radius 2 is 1.85 bits per heavy atom. The third-order valence-corrected chi connectivity index (χ3v) is 5.07. The van der Waals surface area contributed by atoms with Gasteiger partial charge in [-0.1, -0.05) is 35.0 Å². The molecule has 1 aromatic heterocycles. The molecule has 2 aromatic carbocycles. The molecule has 2 amide bonds. The number of anilines is 1. The minimum atomic E-state index is -0.911. The van der Waals surface area contributed by atoms with Crippen molar-refractivity contribution in [2.24, 2.45) is 0 Å². The van der Waals surface area contributed by atoms with Gasteiger partial charge in [0.05, 0.1) is 17.6 Å². The average molecular weight is 486 g/mol. The number of halogens is 1. The number of aliphatic hydroxyl groups is 1. The maximum absolute atomic E-state index is 13.1. The molecule has 10 heteroatoms. The van der Waals surface area contributed by atoms with Crippen LogP contribution in [-0.2, 0) is 22.4 Å². The van der Waals surface area contributed by atoms with Crippen molar-refractivity contribution in [3.05, 3.63) is 71.0 Å². The van der Waals surface area contributed by atoms with Crippen molar-refractivity contribution in [2.45, 2.75) is 45.3 Å². The Morgan fingerprint density at radius 3 is 2.50 bits per heavy atom. The van der Waals surface area contributed by atoms with E-state index in [1.54, 1.807) is 74.1 Å². The highest BCUT2D eigenvalue weighted by Gasteiger charge is 2.25. The van der Waals surface area contributed by atoms with Gasteiger partial charge in [0.1, 0.15) is 11.6 Å². The number of ether oxygens (including phenoxy) is 1. The van der Waals surface area contributed by atoms with Crippen molar-refractivity contribution in [3.8, 4) is 5.69 Å². The maximum atomic E-state index is 13.1. The van der Waals surface area contributed by atoms with E-state index in [4.69, 9.17) is 21.4 Å². The second-order valence-corrected chi connectivity index (χ2v) is 9.07. The van der Waals surface area contributed by atoms with E-state index in [1.807, 2.05) is 6.07 Å². The van der Waals surface area contributed by atoms with Gasteiger partial charge in [-0.05, 0) is 56.7 Å². The highest BCUT2D eigenvalue weighted by Crippen LogP contribution is 2.19. The van der Waals surface area contributed by atoms with Gasteiger partial charge in [0.15, 0.2) is 0 Å². The van der Waals surface area contributed by atoms with Gasteiger partial charge < -0.3 is 20.5 Å². The van der Waals surface area contributed by atoms with Crippen LogP contribution >= 0.6 is 11.6 Å². The lowest BCUT2D eigenvalue weighted by Crippen LogP contribution is -2.47. The fourth-order valence-corrected chi connectivity index (χ4v) is 3.34. The van der Waals surface area contributed by atoms with Crippen LogP contribution in [-0.4, -0.2) is 50.4 Å². The minimum Gasteiger partial charge on any atom is -0.444 e. The number of amides is 2. The summed E-state index contributed by atoms with van der Waals surface area (Å²) in [5.74, 6) is -0.412. The number of hydrogen-bond acceptors (Lipinski definition) is 6. The van der Waals surface area contributed by atoms with E-state index in [-0.39, 0.29) is 13.0 Å². The second kappa shape index (κ2) is 11.1. The summed E-state index contributed by atoms with van der Waals surface area (Å²) in [4.78, 5) is 25.5. The zero-order valence-corrected chi connectivity index (χ0v) is 20.0. The largest absolute Gasteiger partial charge is 0.444 e. The van der Waals surface area contributed by atoms with Gasteiger partial charge in [0.2, 0.25) is 5.91 Å². The van der Waals surface area contributed by atoms with Gasteiger partial charge in [-0.15, -0.1) is 5.10 Å². The molecule has 1 heterocycles. The number of rotatable bonds is 8. The van der Waals surface area contributed by atoms with Crippen LogP contribution < -0.4 is 10.6 Å². The molecule has 0 radical (unpaired) electrons. The monoisotopic (exact) mass is 485 g/mol. The molecule has 0 unspecified atom stereocenters. The molecule has 34 heavy (non-hydrogen) atoms. The summed E-state index contributed by atoms with van der Waals surface area (Å²) in [6, 6.07) is 13.2. The van der Waals surface area contributed by atoms with E-state index < -0.39 is 23.6 Å². The Balaban J connectivity index is 1.73. The number of benzene rings is 2. The molecule has 180 valence electrons. The number of nitrogens with zero attached hydrogens (tertiary/aromatic N) is 3. The van der Waals surface area contributed by atoms with Crippen molar-refractivity contribution in [2.75, 3.05) is 11.9 Å². The lowest BCUT2D eigenvalue weighted by molar-refractivity contribution is -0.118. The van der Waals surface area contributed by atoms with Crippen LogP contribution in [0, 0.1) is 0 Å². The Bertz CT molecular complexity index is 1120. The third kappa shape index (κ3) is 7.29. The smallest absolute Gasteiger partial charge is 0.408 e. The van der Waals surface area contributed by atoms with Crippen LogP contribution in [0.4, 0.5) is 10.5 Å². The summed E-state index contributed by atoms with van der Waals surface area (Å²) < 4.78 is 6.91. The molecule has 0 aliphatic rings. The topological polar surface area (TPSA) is 118 Å². The first-order valence-corrected chi connectivity index (χ1v) is 11.2. The first kappa shape index (κ1) is 25.2. The van der Waals surface area contributed by atoms with Crippen molar-refractivity contribution in [1.82, 2.24) is 20.3 Å². The van der Waals surface area contributed by atoms with Gasteiger partial charge in [-0.3, -0.25) is 4.79 Å². The predicted octanol–water partition coefficient (Wildman–Crippen LogP) is 3.53. The molecule has 0 aliphatic carbocycles. The summed E-state index contributed by atoms with van der Waals surface area (Å²) in [6.45, 7) is 5.24. The van der Waals surface area contributed by atoms with Crippen LogP contribution in [0.25, 0.3) is 5.69 Å². The van der Waals surface area contributed by atoms with Crippen molar-refractivity contribution in [3.63, 3.8) is 0 Å². The highest BCUT2D eigenvalue weighted by molar-refractivity contribution is 6.31. The number of carbonyl (C=O) groups is 2. The molecule has 9 nitrogen and oxygen atoms in total. The summed E-state index contributed by atoms with van der Waals surface area (Å²) in [5.41, 5.74) is 1.98. The van der Waals surface area contributed by atoms with Gasteiger partial charge in [-0.25, -0.2) is 9.48 Å². The van der Waals surface area contributed by atoms with Gasteiger partial charge >= 0.3 is 6.09 Å². The normalized spacial score (nSPS) is 12.1. The standard InChI is InChI=1S/C24H28ClN5O4/c1-24(2,3)34-23(33)27-21(14-16-6-4-5-7-20(16)25)22(32)26-17-8-10-19(11-9-17)30-15-18(12-13-31)28-29-30/h4-11,15,21,31H,12-14H2,1-3H3,(H,26,32)(H,27,33)/t21-/m0/s1. The van der Waals surface area contributed by atoms with E-state index in [1.165, 1.54) is 0 Å². The summed E-state index contributed by atoms with van der Waals surface area (Å²) in [6.07, 6.45) is 1.65. The molecule has 3 N–H and O–H groups in total. The predicted molar refractivity (Wildman–Crippen MR) is 129 cm³/mol. The Labute approximate surface area is 203 Å². The molecule has 0 saturated heterocycles. The summed E-state index contributed by atoms with van der Waals surface area (Å²) >= 11 is 6.27. The lowest BCUT2D eigenvalue weighted by Gasteiger charge is -2.23. The van der Waals surface area contributed by atoms with Crippen LogP contribution in [0.1, 0.15) is 32.0 Å². The molecule has 0 aliphatic heterocycles. The number of aromatic nitrogens is 3. The molecule has 3 rings (SSSR count). The van der Waals surface area contributed by atoms with E-state index in [0.29, 0.717) is 22.8 Å². The first-order valence-electron chi connectivity index (χ1n) is 10.8. The Kier molecular flexibility index (Phi) is 8.25. The van der Waals surface area contributed by atoms with E-state index in [2.05, 4.69) is 20.9 Å². The van der Waals surface area contributed by atoms with Crippen LogP contribution in [0.3, 0.4) is 0 Å².